The summed E-state index contributed by atoms with van der Waals surface area (Å²) in [5.74, 6) is 1.73. The molecule has 20 heavy (non-hydrogen) atoms. The van der Waals surface area contributed by atoms with E-state index in [0.29, 0.717) is 5.41 Å². The summed E-state index contributed by atoms with van der Waals surface area (Å²) in [6.45, 7) is 0. The Labute approximate surface area is 124 Å². The number of aliphatic hydroxyl groups is 2. The second kappa shape index (κ2) is 6.36. The fraction of sp³-hybridized carbons (Fsp3) is 1.00. The van der Waals surface area contributed by atoms with E-state index in [-0.39, 0.29) is 12.2 Å². The molecule has 0 bridgehead atoms. The third-order valence-electron chi connectivity index (χ3n) is 6.81. The van der Waals surface area contributed by atoms with Crippen molar-refractivity contribution in [1.29, 1.82) is 0 Å². The Bertz CT molecular complexity index is 293. The fourth-order valence-corrected chi connectivity index (χ4v) is 5.62. The Hall–Kier alpha value is -0.0800. The molecule has 0 aliphatic heterocycles. The molecule has 0 radical (unpaired) electrons. The minimum Gasteiger partial charge on any atom is -0.393 e. The lowest BCUT2D eigenvalue weighted by molar-refractivity contribution is -0.0557. The van der Waals surface area contributed by atoms with Crippen molar-refractivity contribution in [2.24, 2.45) is 17.3 Å². The van der Waals surface area contributed by atoms with Crippen molar-refractivity contribution in [3.8, 4) is 0 Å². The molecule has 3 fully saturated rings. The molecule has 3 aliphatic carbocycles. The topological polar surface area (TPSA) is 40.5 Å². The van der Waals surface area contributed by atoms with Crippen molar-refractivity contribution in [3.05, 3.63) is 0 Å². The molecule has 2 nitrogen and oxygen atoms in total. The van der Waals surface area contributed by atoms with Crippen LogP contribution < -0.4 is 0 Å². The van der Waals surface area contributed by atoms with E-state index in [4.69, 9.17) is 0 Å². The highest BCUT2D eigenvalue weighted by Crippen LogP contribution is 2.56. The Morgan fingerprint density at radius 3 is 1.65 bits per heavy atom. The quantitative estimate of drug-likeness (QED) is 0.801. The highest BCUT2D eigenvalue weighted by molar-refractivity contribution is 4.98. The zero-order valence-electron chi connectivity index (χ0n) is 12.9. The van der Waals surface area contributed by atoms with Crippen LogP contribution in [-0.2, 0) is 0 Å². The zero-order chi connectivity index (χ0) is 14.0. The smallest absolute Gasteiger partial charge is 0.0540 e. The molecule has 0 spiro atoms. The summed E-state index contributed by atoms with van der Waals surface area (Å²) in [5.41, 5.74) is 0.514. The van der Waals surface area contributed by atoms with Gasteiger partial charge in [0.25, 0.3) is 0 Å². The van der Waals surface area contributed by atoms with E-state index in [1.54, 1.807) is 0 Å². The molecule has 2 heteroatoms. The minimum atomic E-state index is -0.0408. The van der Waals surface area contributed by atoms with Gasteiger partial charge in [-0.05, 0) is 81.5 Å². The molecule has 0 saturated heterocycles. The lowest BCUT2D eigenvalue weighted by Crippen LogP contribution is -2.44. The van der Waals surface area contributed by atoms with Gasteiger partial charge >= 0.3 is 0 Å². The van der Waals surface area contributed by atoms with E-state index < -0.39 is 0 Å². The van der Waals surface area contributed by atoms with Crippen LogP contribution in [-0.4, -0.2) is 22.4 Å². The summed E-state index contributed by atoms with van der Waals surface area (Å²) in [5, 5.41) is 19.8. The first-order valence-electron chi connectivity index (χ1n) is 9.07. The van der Waals surface area contributed by atoms with Crippen LogP contribution in [0.1, 0.15) is 83.5 Å². The SMILES string of the molecule is OC1CCC(C2(C3CCCCC3)CCC(O)CC2)CC1. The first kappa shape index (κ1) is 14.8. The molecule has 0 aromatic rings. The number of aliphatic hydroxyl groups excluding tert-OH is 2. The first-order chi connectivity index (χ1) is 9.71. The number of rotatable bonds is 2. The molecule has 3 aliphatic rings. The van der Waals surface area contributed by atoms with Crippen LogP contribution in [0.2, 0.25) is 0 Å². The van der Waals surface area contributed by atoms with Gasteiger partial charge < -0.3 is 10.2 Å². The maximum Gasteiger partial charge on any atom is 0.0540 e. The Balaban J connectivity index is 1.75. The van der Waals surface area contributed by atoms with Gasteiger partial charge in [0.15, 0.2) is 0 Å². The average molecular weight is 280 g/mol. The summed E-state index contributed by atoms with van der Waals surface area (Å²) in [6, 6.07) is 0. The second-order valence-electron chi connectivity index (χ2n) is 7.80. The Morgan fingerprint density at radius 2 is 1.05 bits per heavy atom. The van der Waals surface area contributed by atoms with Gasteiger partial charge in [-0.15, -0.1) is 0 Å². The van der Waals surface area contributed by atoms with Crippen molar-refractivity contribution < 1.29 is 10.2 Å². The predicted octanol–water partition coefficient (Wildman–Crippen LogP) is 4.04. The molecule has 2 N–H and O–H groups in total. The van der Waals surface area contributed by atoms with Crippen molar-refractivity contribution in [2.75, 3.05) is 0 Å². The molecule has 0 amide bonds. The van der Waals surface area contributed by atoms with E-state index in [2.05, 4.69) is 0 Å². The summed E-state index contributed by atoms with van der Waals surface area (Å²) in [7, 11) is 0. The molecule has 0 aromatic carbocycles. The normalized spacial score (nSPS) is 44.4. The molecule has 3 rings (SSSR count). The third-order valence-corrected chi connectivity index (χ3v) is 6.81. The Kier molecular flexibility index (Phi) is 4.72. The summed E-state index contributed by atoms with van der Waals surface area (Å²) >= 11 is 0. The summed E-state index contributed by atoms with van der Waals surface area (Å²) in [6.07, 6.45) is 16.1. The van der Waals surface area contributed by atoms with Gasteiger partial charge in [-0.2, -0.15) is 0 Å². The van der Waals surface area contributed by atoms with E-state index in [1.807, 2.05) is 0 Å². The van der Waals surface area contributed by atoms with Gasteiger partial charge in [0, 0.05) is 0 Å². The molecule has 0 heterocycles. The standard InChI is InChI=1S/C18H32O2/c19-16-8-6-15(7-9-16)18(12-10-17(20)11-13-18)14-4-2-1-3-5-14/h14-17,19-20H,1-13H2. The van der Waals surface area contributed by atoms with Crippen LogP contribution in [0.5, 0.6) is 0 Å². The monoisotopic (exact) mass is 280 g/mol. The molecule has 0 aromatic heterocycles. The van der Waals surface area contributed by atoms with Crippen LogP contribution in [0.4, 0.5) is 0 Å². The fourth-order valence-electron chi connectivity index (χ4n) is 5.62. The first-order valence-corrected chi connectivity index (χ1v) is 9.07. The minimum absolute atomic E-state index is 0.0381. The van der Waals surface area contributed by atoms with Gasteiger partial charge in [-0.3, -0.25) is 0 Å². The zero-order valence-corrected chi connectivity index (χ0v) is 12.9. The predicted molar refractivity (Wildman–Crippen MR) is 81.4 cm³/mol. The Morgan fingerprint density at radius 1 is 0.550 bits per heavy atom. The maximum atomic E-state index is 9.94. The highest BCUT2D eigenvalue weighted by atomic mass is 16.3. The average Bonchev–Trinajstić information content (AvgIpc) is 2.50. The van der Waals surface area contributed by atoms with E-state index in [1.165, 1.54) is 57.8 Å². The van der Waals surface area contributed by atoms with Crippen LogP contribution in [0.15, 0.2) is 0 Å². The van der Waals surface area contributed by atoms with Crippen LogP contribution in [0.25, 0.3) is 0 Å². The van der Waals surface area contributed by atoms with E-state index in [9.17, 15) is 10.2 Å². The van der Waals surface area contributed by atoms with Crippen LogP contribution in [0, 0.1) is 17.3 Å². The van der Waals surface area contributed by atoms with Crippen molar-refractivity contribution in [1.82, 2.24) is 0 Å². The van der Waals surface area contributed by atoms with Gasteiger partial charge in [0.05, 0.1) is 12.2 Å². The second-order valence-corrected chi connectivity index (χ2v) is 7.80. The largest absolute Gasteiger partial charge is 0.393 e. The molecule has 3 saturated carbocycles. The molecular formula is C18H32O2. The molecule has 0 atom stereocenters. The molecule has 0 unspecified atom stereocenters. The molecular weight excluding hydrogens is 248 g/mol. The maximum absolute atomic E-state index is 9.94. The lowest BCUT2D eigenvalue weighted by Gasteiger charge is -2.53. The number of hydrogen-bond donors (Lipinski definition) is 2. The van der Waals surface area contributed by atoms with Gasteiger partial charge in [-0.1, -0.05) is 19.3 Å². The van der Waals surface area contributed by atoms with Crippen molar-refractivity contribution in [2.45, 2.75) is 95.7 Å². The third kappa shape index (κ3) is 2.92. The van der Waals surface area contributed by atoms with E-state index >= 15 is 0 Å². The summed E-state index contributed by atoms with van der Waals surface area (Å²) < 4.78 is 0. The van der Waals surface area contributed by atoms with Crippen molar-refractivity contribution >= 4 is 0 Å². The summed E-state index contributed by atoms with van der Waals surface area (Å²) in [4.78, 5) is 0. The molecule has 116 valence electrons. The van der Waals surface area contributed by atoms with Crippen LogP contribution >= 0.6 is 0 Å². The van der Waals surface area contributed by atoms with E-state index in [0.717, 1.165) is 37.5 Å². The van der Waals surface area contributed by atoms with Crippen LogP contribution in [0.3, 0.4) is 0 Å². The number of hydrogen-bond acceptors (Lipinski definition) is 2. The highest BCUT2D eigenvalue weighted by Gasteiger charge is 2.47. The van der Waals surface area contributed by atoms with Gasteiger partial charge in [-0.25, -0.2) is 0 Å². The van der Waals surface area contributed by atoms with Crippen molar-refractivity contribution in [3.63, 3.8) is 0 Å². The lowest BCUT2D eigenvalue weighted by atomic mass is 9.53. The van der Waals surface area contributed by atoms with Gasteiger partial charge in [0.1, 0.15) is 0 Å². The van der Waals surface area contributed by atoms with Gasteiger partial charge in [0.2, 0.25) is 0 Å².